The minimum Gasteiger partial charge on any atom is -0.550 e. The standard InChI is InChI=1S/C28H38N2O2.2C2H4O2.Co/c1-5-9-21-13-19(3)27(31)23(15-21)17-29-25-11-7-8-12-26(25)30-18-24-16-22(10-6-2)14-20(4)28(24)32;2*1-2(3)4;/h13-18,25-26,31-32H,5-12H2,1-4H3;2*1H3,(H,3,4);/q;;;+2/p-2. The van der Waals surface area contributed by atoms with Gasteiger partial charge in [-0.3, -0.25) is 9.98 Å². The molecule has 1 aliphatic carbocycles. The zero-order valence-electron chi connectivity index (χ0n) is 25.0. The van der Waals surface area contributed by atoms with Gasteiger partial charge in [0, 0.05) is 35.5 Å². The first-order valence-corrected chi connectivity index (χ1v) is 14.0. The molecule has 2 aromatic carbocycles. The summed E-state index contributed by atoms with van der Waals surface area (Å²) in [7, 11) is 0. The molecular formula is C32H44CoN2O6. The number of aliphatic imine (C=N–C) groups is 2. The Bertz CT molecular complexity index is 1080. The Hall–Kier alpha value is -3.17. The molecule has 41 heavy (non-hydrogen) atoms. The van der Waals surface area contributed by atoms with Crippen LogP contribution in [0.15, 0.2) is 34.3 Å². The van der Waals surface area contributed by atoms with E-state index >= 15 is 0 Å². The molecule has 0 saturated heterocycles. The van der Waals surface area contributed by atoms with Crippen LogP contribution in [0.1, 0.15) is 99.6 Å². The largest absolute Gasteiger partial charge is 2.00 e. The number of hydrogen-bond donors (Lipinski definition) is 2. The van der Waals surface area contributed by atoms with Gasteiger partial charge < -0.3 is 30.0 Å². The number of rotatable bonds is 8. The van der Waals surface area contributed by atoms with E-state index in [1.807, 2.05) is 26.3 Å². The van der Waals surface area contributed by atoms with Crippen LogP contribution in [-0.4, -0.2) is 46.7 Å². The summed E-state index contributed by atoms with van der Waals surface area (Å²) >= 11 is 0. The van der Waals surface area contributed by atoms with Crippen molar-refractivity contribution in [3.8, 4) is 11.5 Å². The molecule has 227 valence electrons. The molecule has 1 radical (unpaired) electrons. The van der Waals surface area contributed by atoms with Crippen LogP contribution >= 0.6 is 0 Å². The van der Waals surface area contributed by atoms with Gasteiger partial charge in [-0.15, -0.1) is 0 Å². The Morgan fingerprint density at radius 1 is 0.780 bits per heavy atom. The van der Waals surface area contributed by atoms with Gasteiger partial charge in [0.2, 0.25) is 0 Å². The third kappa shape index (κ3) is 14.3. The Kier molecular flexibility index (Phi) is 18.3. The predicted molar refractivity (Wildman–Crippen MR) is 156 cm³/mol. The molecule has 2 aromatic rings. The number of carbonyl (C=O) groups excluding carboxylic acids is 2. The number of carbonyl (C=O) groups is 2. The maximum absolute atomic E-state index is 10.5. The van der Waals surface area contributed by atoms with Crippen molar-refractivity contribution in [2.45, 2.75) is 105 Å². The van der Waals surface area contributed by atoms with Gasteiger partial charge in [-0.2, -0.15) is 0 Å². The van der Waals surface area contributed by atoms with Crippen LogP contribution in [0, 0.1) is 13.8 Å². The topological polar surface area (TPSA) is 145 Å². The second-order valence-electron chi connectivity index (χ2n) is 10.2. The van der Waals surface area contributed by atoms with E-state index in [4.69, 9.17) is 29.8 Å². The Balaban J connectivity index is 0.00000158. The third-order valence-corrected chi connectivity index (χ3v) is 6.36. The fourth-order valence-electron chi connectivity index (χ4n) is 4.62. The Morgan fingerprint density at radius 2 is 1.10 bits per heavy atom. The first-order chi connectivity index (χ1) is 18.9. The fourth-order valence-corrected chi connectivity index (χ4v) is 4.62. The molecule has 1 aliphatic rings. The van der Waals surface area contributed by atoms with Gasteiger partial charge in [-0.1, -0.05) is 51.7 Å². The molecule has 2 atom stereocenters. The first kappa shape index (κ1) is 37.8. The second kappa shape index (κ2) is 19.8. The van der Waals surface area contributed by atoms with Crippen molar-refractivity contribution in [2.75, 3.05) is 0 Å². The SMILES string of the molecule is CC(=O)[O-].CC(=O)[O-].CCCc1cc(C)c(O)c(C=NC2CCCCC2N=Cc2cc(CCC)cc(C)c2O)c1.[Co+2]. The van der Waals surface area contributed by atoms with E-state index in [2.05, 4.69) is 38.1 Å². The fraction of sp³-hybridized carbons (Fsp3) is 0.500. The van der Waals surface area contributed by atoms with E-state index in [1.165, 1.54) is 11.1 Å². The first-order valence-electron chi connectivity index (χ1n) is 14.0. The zero-order valence-corrected chi connectivity index (χ0v) is 26.1. The van der Waals surface area contributed by atoms with Gasteiger partial charge in [0.05, 0.1) is 12.1 Å². The summed E-state index contributed by atoms with van der Waals surface area (Å²) in [5.41, 5.74) is 5.85. The molecule has 8 nitrogen and oxygen atoms in total. The minimum atomic E-state index is -1.08. The number of phenolic OH excluding ortho intramolecular Hbond substituents is 2. The van der Waals surface area contributed by atoms with Gasteiger partial charge in [0.15, 0.2) is 0 Å². The van der Waals surface area contributed by atoms with Crippen LogP contribution in [0.25, 0.3) is 0 Å². The summed E-state index contributed by atoms with van der Waals surface area (Å²) in [5.74, 6) is -1.53. The smallest absolute Gasteiger partial charge is 0.550 e. The molecule has 1 saturated carbocycles. The van der Waals surface area contributed by atoms with Gasteiger partial charge in [0.25, 0.3) is 0 Å². The number of aryl methyl sites for hydroxylation is 4. The molecule has 0 spiro atoms. The van der Waals surface area contributed by atoms with Crippen LogP contribution in [0.5, 0.6) is 11.5 Å². The minimum absolute atomic E-state index is 0. The summed E-state index contributed by atoms with van der Waals surface area (Å²) in [6.45, 7) is 10.2. The van der Waals surface area contributed by atoms with E-state index in [-0.39, 0.29) is 28.9 Å². The summed E-state index contributed by atoms with van der Waals surface area (Å²) in [5, 5.41) is 38.8. The summed E-state index contributed by atoms with van der Waals surface area (Å²) < 4.78 is 0. The number of aliphatic carboxylic acids is 2. The number of carboxylic acid groups (broad SMARTS) is 2. The van der Waals surface area contributed by atoms with Crippen molar-refractivity contribution >= 4 is 24.4 Å². The molecule has 0 heterocycles. The van der Waals surface area contributed by atoms with Gasteiger partial charge in [0.1, 0.15) is 11.5 Å². The van der Waals surface area contributed by atoms with Gasteiger partial charge >= 0.3 is 16.8 Å². The van der Waals surface area contributed by atoms with Crippen molar-refractivity contribution in [1.29, 1.82) is 0 Å². The van der Waals surface area contributed by atoms with Crippen LogP contribution in [-0.2, 0) is 39.2 Å². The number of carboxylic acids is 2. The molecular weight excluding hydrogens is 567 g/mol. The van der Waals surface area contributed by atoms with Crippen LogP contribution in [0.4, 0.5) is 0 Å². The molecule has 0 aliphatic heterocycles. The van der Waals surface area contributed by atoms with Crippen LogP contribution < -0.4 is 10.2 Å². The Labute approximate surface area is 254 Å². The molecule has 0 aromatic heterocycles. The number of nitrogens with zero attached hydrogens (tertiary/aromatic N) is 2. The van der Waals surface area contributed by atoms with Gasteiger partial charge in [-0.25, -0.2) is 0 Å². The molecule has 2 unspecified atom stereocenters. The summed E-state index contributed by atoms with van der Waals surface area (Å²) in [6.07, 6.45) is 12.1. The van der Waals surface area contributed by atoms with E-state index in [1.54, 1.807) is 0 Å². The molecule has 2 N–H and O–H groups in total. The van der Waals surface area contributed by atoms with E-state index in [0.29, 0.717) is 11.5 Å². The average Bonchev–Trinajstić information content (AvgIpc) is 2.86. The number of benzene rings is 2. The second-order valence-corrected chi connectivity index (χ2v) is 10.2. The molecule has 0 amide bonds. The number of aromatic hydroxyl groups is 2. The monoisotopic (exact) mass is 611 g/mol. The van der Waals surface area contributed by atoms with Crippen molar-refractivity contribution in [3.05, 3.63) is 57.6 Å². The van der Waals surface area contributed by atoms with E-state index in [9.17, 15) is 10.2 Å². The molecule has 3 rings (SSSR count). The summed E-state index contributed by atoms with van der Waals surface area (Å²) in [4.78, 5) is 27.5. The predicted octanol–water partition coefficient (Wildman–Crippen LogP) is 3.98. The maximum atomic E-state index is 10.5. The molecule has 9 heteroatoms. The molecule has 1 fully saturated rings. The van der Waals surface area contributed by atoms with Crippen molar-refractivity contribution in [1.82, 2.24) is 0 Å². The van der Waals surface area contributed by atoms with Crippen LogP contribution in [0.2, 0.25) is 0 Å². The average molecular weight is 612 g/mol. The normalized spacial score (nSPS) is 16.2. The maximum Gasteiger partial charge on any atom is 2.00 e. The zero-order chi connectivity index (χ0) is 30.2. The van der Waals surface area contributed by atoms with Crippen molar-refractivity contribution < 1.29 is 46.8 Å². The van der Waals surface area contributed by atoms with E-state index in [0.717, 1.165) is 87.5 Å². The van der Waals surface area contributed by atoms with Gasteiger partial charge in [-0.05, 0) is 87.8 Å². The van der Waals surface area contributed by atoms with Crippen LogP contribution in [0.3, 0.4) is 0 Å². The Morgan fingerprint density at radius 3 is 1.39 bits per heavy atom. The molecule has 0 bridgehead atoms. The van der Waals surface area contributed by atoms with Crippen molar-refractivity contribution in [3.63, 3.8) is 0 Å². The third-order valence-electron chi connectivity index (χ3n) is 6.36. The van der Waals surface area contributed by atoms with E-state index < -0.39 is 11.9 Å². The quantitative estimate of drug-likeness (QED) is 0.432. The van der Waals surface area contributed by atoms with Crippen molar-refractivity contribution in [2.24, 2.45) is 9.98 Å². The number of phenols is 2. The number of hydrogen-bond acceptors (Lipinski definition) is 8. The summed E-state index contributed by atoms with van der Waals surface area (Å²) in [6, 6.07) is 8.41.